The highest BCUT2D eigenvalue weighted by Gasteiger charge is 2.25. The molecule has 1 heterocycles. The van der Waals surface area contributed by atoms with E-state index in [0.29, 0.717) is 6.17 Å². The Bertz CT molecular complexity index is 174. The van der Waals surface area contributed by atoms with Crippen LogP contribution < -0.4 is 5.32 Å². The van der Waals surface area contributed by atoms with Crippen molar-refractivity contribution in [1.29, 1.82) is 0 Å². The molecule has 1 aliphatic rings. The molecule has 76 valence electrons. The Morgan fingerprint density at radius 3 is 2.69 bits per heavy atom. The molecule has 1 atom stereocenters. The van der Waals surface area contributed by atoms with Gasteiger partial charge in [-0.2, -0.15) is 0 Å². The van der Waals surface area contributed by atoms with E-state index in [2.05, 4.69) is 5.32 Å². The lowest BCUT2D eigenvalue weighted by Gasteiger charge is -2.29. The van der Waals surface area contributed by atoms with E-state index in [1.165, 1.54) is 6.42 Å². The first kappa shape index (κ1) is 10.5. The van der Waals surface area contributed by atoms with Crippen LogP contribution in [0.3, 0.4) is 0 Å². The number of hydrogen-bond donors (Lipinski definition) is 1. The average molecular weight is 184 g/mol. The van der Waals surface area contributed by atoms with Crippen molar-refractivity contribution < 1.29 is 4.79 Å². The Morgan fingerprint density at radius 2 is 2.31 bits per heavy atom. The number of rotatable bonds is 3. The van der Waals surface area contributed by atoms with Crippen LogP contribution in [0, 0.1) is 5.92 Å². The molecule has 3 heteroatoms. The minimum absolute atomic E-state index is 0.113. The molecule has 0 aliphatic carbocycles. The van der Waals surface area contributed by atoms with Crippen LogP contribution in [0.15, 0.2) is 0 Å². The molecular weight excluding hydrogens is 164 g/mol. The van der Waals surface area contributed by atoms with Gasteiger partial charge in [-0.25, -0.2) is 0 Å². The second-order valence-electron chi connectivity index (χ2n) is 3.89. The van der Waals surface area contributed by atoms with Gasteiger partial charge in [-0.3, -0.25) is 10.1 Å². The maximum atomic E-state index is 11.7. The normalized spacial score (nSPS) is 22.3. The van der Waals surface area contributed by atoms with Gasteiger partial charge in [-0.15, -0.1) is 0 Å². The number of carbonyl (C=O) groups excluding carboxylic acids is 1. The van der Waals surface area contributed by atoms with Gasteiger partial charge in [0.25, 0.3) is 0 Å². The van der Waals surface area contributed by atoms with E-state index in [4.69, 9.17) is 0 Å². The number of carbonyl (C=O) groups is 1. The quantitative estimate of drug-likeness (QED) is 0.715. The van der Waals surface area contributed by atoms with E-state index in [1.54, 1.807) is 0 Å². The van der Waals surface area contributed by atoms with E-state index in [0.717, 1.165) is 19.5 Å². The van der Waals surface area contributed by atoms with E-state index >= 15 is 0 Å². The lowest BCUT2D eigenvalue weighted by atomic mass is 10.1. The molecule has 0 spiro atoms. The van der Waals surface area contributed by atoms with Gasteiger partial charge in [0, 0.05) is 12.5 Å². The van der Waals surface area contributed by atoms with Crippen LogP contribution in [-0.2, 0) is 4.79 Å². The zero-order valence-electron chi connectivity index (χ0n) is 8.84. The summed E-state index contributed by atoms with van der Waals surface area (Å²) in [4.78, 5) is 13.7. The highest BCUT2D eigenvalue weighted by atomic mass is 16.2. The molecule has 1 aliphatic heterocycles. The monoisotopic (exact) mass is 184 g/mol. The predicted molar refractivity (Wildman–Crippen MR) is 53.2 cm³/mol. The van der Waals surface area contributed by atoms with Gasteiger partial charge in [0.1, 0.15) is 0 Å². The van der Waals surface area contributed by atoms with Crippen molar-refractivity contribution in [3.05, 3.63) is 0 Å². The lowest BCUT2D eigenvalue weighted by Crippen LogP contribution is -2.47. The maximum Gasteiger partial charge on any atom is 0.226 e. The molecule has 0 aromatic rings. The Hall–Kier alpha value is -0.570. The van der Waals surface area contributed by atoms with Crippen molar-refractivity contribution in [2.45, 2.75) is 39.8 Å². The smallest absolute Gasteiger partial charge is 0.226 e. The molecular formula is C10H20N2O. The van der Waals surface area contributed by atoms with Gasteiger partial charge in [0.05, 0.1) is 6.17 Å². The Kier molecular flexibility index (Phi) is 3.72. The summed E-state index contributed by atoms with van der Waals surface area (Å²) in [5.41, 5.74) is 0. The number of hydrogen-bond acceptors (Lipinski definition) is 2. The van der Waals surface area contributed by atoms with Gasteiger partial charge in [0.15, 0.2) is 0 Å². The van der Waals surface area contributed by atoms with Gasteiger partial charge < -0.3 is 4.90 Å². The topological polar surface area (TPSA) is 32.3 Å². The fourth-order valence-corrected chi connectivity index (χ4v) is 1.79. The van der Waals surface area contributed by atoms with Crippen molar-refractivity contribution >= 4 is 5.91 Å². The fraction of sp³-hybridized carbons (Fsp3) is 0.900. The summed E-state index contributed by atoms with van der Waals surface area (Å²) in [7, 11) is 0. The van der Waals surface area contributed by atoms with Gasteiger partial charge >= 0.3 is 0 Å². The molecule has 1 amide bonds. The third-order valence-corrected chi connectivity index (χ3v) is 2.53. The first-order valence-corrected chi connectivity index (χ1v) is 5.20. The third-order valence-electron chi connectivity index (χ3n) is 2.53. The Balaban J connectivity index is 2.55. The van der Waals surface area contributed by atoms with Gasteiger partial charge in [-0.05, 0) is 26.3 Å². The molecule has 1 unspecified atom stereocenters. The van der Waals surface area contributed by atoms with Crippen molar-refractivity contribution in [3.63, 3.8) is 0 Å². The molecule has 1 rings (SSSR count). The zero-order valence-corrected chi connectivity index (χ0v) is 8.84. The maximum absolute atomic E-state index is 11.7. The van der Waals surface area contributed by atoms with Crippen molar-refractivity contribution in [2.75, 3.05) is 13.1 Å². The molecule has 1 fully saturated rings. The summed E-state index contributed by atoms with van der Waals surface area (Å²) in [6.45, 7) is 7.82. The van der Waals surface area contributed by atoms with Crippen LogP contribution in [0.5, 0.6) is 0 Å². The minimum Gasteiger partial charge on any atom is -0.327 e. The molecule has 13 heavy (non-hydrogen) atoms. The van der Waals surface area contributed by atoms with Gasteiger partial charge in [0.2, 0.25) is 5.91 Å². The minimum atomic E-state index is 0.113. The highest BCUT2D eigenvalue weighted by Crippen LogP contribution is 2.13. The standard InChI is InChI=1S/C10H20N2O/c1-4-12(10(13)8(2)3)9-6-5-7-11-9/h8-9,11H,4-7H2,1-3H3. The molecule has 0 aromatic carbocycles. The predicted octanol–water partition coefficient (Wildman–Crippen LogP) is 1.20. The first-order valence-electron chi connectivity index (χ1n) is 5.20. The summed E-state index contributed by atoms with van der Waals surface area (Å²) in [6.07, 6.45) is 2.58. The number of nitrogens with zero attached hydrogens (tertiary/aromatic N) is 1. The van der Waals surface area contributed by atoms with E-state index in [1.807, 2.05) is 25.7 Å². The lowest BCUT2D eigenvalue weighted by molar-refractivity contribution is -0.136. The largest absolute Gasteiger partial charge is 0.327 e. The van der Waals surface area contributed by atoms with Crippen LogP contribution in [0.25, 0.3) is 0 Å². The van der Waals surface area contributed by atoms with Crippen molar-refractivity contribution in [2.24, 2.45) is 5.92 Å². The SMILES string of the molecule is CCN(C(=O)C(C)C)C1CCCN1. The van der Waals surface area contributed by atoms with Crippen LogP contribution in [0.1, 0.15) is 33.6 Å². The molecule has 0 saturated carbocycles. The summed E-state index contributed by atoms with van der Waals surface area (Å²) >= 11 is 0. The van der Waals surface area contributed by atoms with Crippen molar-refractivity contribution in [1.82, 2.24) is 10.2 Å². The van der Waals surface area contributed by atoms with E-state index in [-0.39, 0.29) is 11.8 Å². The van der Waals surface area contributed by atoms with Crippen LogP contribution >= 0.6 is 0 Å². The van der Waals surface area contributed by atoms with Crippen LogP contribution in [0.2, 0.25) is 0 Å². The third kappa shape index (κ3) is 2.44. The molecule has 0 bridgehead atoms. The zero-order chi connectivity index (χ0) is 9.84. The summed E-state index contributed by atoms with van der Waals surface area (Å²) in [5, 5.41) is 3.35. The van der Waals surface area contributed by atoms with E-state index < -0.39 is 0 Å². The van der Waals surface area contributed by atoms with Crippen LogP contribution in [-0.4, -0.2) is 30.1 Å². The summed E-state index contributed by atoms with van der Waals surface area (Å²) in [6, 6.07) is 0. The van der Waals surface area contributed by atoms with E-state index in [9.17, 15) is 4.79 Å². The molecule has 0 radical (unpaired) electrons. The Morgan fingerprint density at radius 1 is 1.62 bits per heavy atom. The molecule has 0 aromatic heterocycles. The summed E-state index contributed by atoms with van der Waals surface area (Å²) < 4.78 is 0. The molecule has 3 nitrogen and oxygen atoms in total. The second kappa shape index (κ2) is 4.61. The summed E-state index contributed by atoms with van der Waals surface area (Å²) in [5.74, 6) is 0.379. The van der Waals surface area contributed by atoms with Crippen LogP contribution in [0.4, 0.5) is 0 Å². The van der Waals surface area contributed by atoms with Gasteiger partial charge in [-0.1, -0.05) is 13.8 Å². The second-order valence-corrected chi connectivity index (χ2v) is 3.89. The molecule has 1 saturated heterocycles. The number of amides is 1. The fourth-order valence-electron chi connectivity index (χ4n) is 1.79. The first-order chi connectivity index (χ1) is 6.16. The highest BCUT2D eigenvalue weighted by molar-refractivity contribution is 5.78. The number of nitrogens with one attached hydrogen (secondary N) is 1. The molecule has 1 N–H and O–H groups in total. The Labute approximate surface area is 80.5 Å². The average Bonchev–Trinajstić information content (AvgIpc) is 2.58. The van der Waals surface area contributed by atoms with Crippen molar-refractivity contribution in [3.8, 4) is 0 Å².